The molecule has 1 amide bonds. The minimum atomic E-state index is -1.14. The van der Waals surface area contributed by atoms with Gasteiger partial charge in [-0.15, -0.1) is 0 Å². The number of benzene rings is 1. The highest BCUT2D eigenvalue weighted by Crippen LogP contribution is 2.20. The maximum Gasteiger partial charge on any atom is 0.332 e. The quantitative estimate of drug-likeness (QED) is 0.855. The van der Waals surface area contributed by atoms with Crippen LogP contribution in [0.4, 0.5) is 5.69 Å². The van der Waals surface area contributed by atoms with E-state index in [1.54, 1.807) is 0 Å². The Morgan fingerprint density at radius 1 is 1.58 bits per heavy atom. The Bertz CT molecular complexity index is 539. The average Bonchev–Trinajstić information content (AvgIpc) is 2.36. The number of carboxylic acids is 1. The van der Waals surface area contributed by atoms with Gasteiger partial charge in [-0.25, -0.2) is 4.79 Å². The van der Waals surface area contributed by atoms with Crippen LogP contribution in [0.25, 0.3) is 0 Å². The first kappa shape index (κ1) is 15.0. The summed E-state index contributed by atoms with van der Waals surface area (Å²) in [5.41, 5.74) is 0.705. The van der Waals surface area contributed by atoms with E-state index in [0.29, 0.717) is 11.3 Å². The molecule has 1 aromatic rings. The van der Waals surface area contributed by atoms with Gasteiger partial charge in [0.05, 0.1) is 10.6 Å². The molecule has 7 heteroatoms. The number of hydrogen-bond donors (Lipinski definition) is 2. The Morgan fingerprint density at radius 3 is 2.79 bits per heavy atom. The number of carbonyl (C=O) groups excluding carboxylic acids is 1. The van der Waals surface area contributed by atoms with Crippen molar-refractivity contribution < 1.29 is 19.4 Å². The van der Waals surface area contributed by atoms with Crippen LogP contribution in [0.3, 0.4) is 0 Å². The molecule has 0 aliphatic carbocycles. The molecule has 1 rings (SSSR count). The highest BCUT2D eigenvalue weighted by Gasteiger charge is 2.13. The molecule has 0 aliphatic rings. The van der Waals surface area contributed by atoms with E-state index < -0.39 is 18.0 Å². The largest absolute Gasteiger partial charge is 0.479 e. The fourth-order valence-electron chi connectivity index (χ4n) is 1.15. The third-order valence-corrected chi connectivity index (χ3v) is 2.50. The molecule has 1 atom stereocenters. The summed E-state index contributed by atoms with van der Waals surface area (Å²) in [6.45, 7) is 0.944. The summed E-state index contributed by atoms with van der Waals surface area (Å²) in [5, 5.41) is 20.0. The molecule has 1 unspecified atom stereocenters. The van der Waals surface area contributed by atoms with E-state index in [-0.39, 0.29) is 11.6 Å². The molecule has 2 N–H and O–H groups in total. The lowest BCUT2D eigenvalue weighted by atomic mass is 10.2. The molecule has 0 saturated carbocycles. The van der Waals surface area contributed by atoms with Crippen LogP contribution in [0.1, 0.15) is 12.5 Å². The Labute approximate surface area is 114 Å². The number of carbonyl (C=O) groups is 2. The summed E-state index contributed by atoms with van der Waals surface area (Å²) in [5.74, 6) is -1.65. The Hall–Kier alpha value is -2.10. The van der Waals surface area contributed by atoms with Crippen LogP contribution in [0.5, 0.6) is 0 Å². The maximum atomic E-state index is 11.5. The standard InChI is InChI=1S/C12H11ClN2O4/c1-7(12(17)18)19-6-11(16)15-9-3-2-8(5-14)10(13)4-9/h2-4,7H,6H2,1H3,(H,15,16)(H,17,18). The summed E-state index contributed by atoms with van der Waals surface area (Å²) < 4.78 is 4.82. The van der Waals surface area contributed by atoms with Gasteiger partial charge in [-0.1, -0.05) is 11.6 Å². The van der Waals surface area contributed by atoms with Gasteiger partial charge >= 0.3 is 5.97 Å². The highest BCUT2D eigenvalue weighted by atomic mass is 35.5. The van der Waals surface area contributed by atoms with Gasteiger partial charge in [0.15, 0.2) is 6.10 Å². The number of carboxylic acid groups (broad SMARTS) is 1. The van der Waals surface area contributed by atoms with Crippen molar-refractivity contribution in [3.8, 4) is 6.07 Å². The zero-order valence-corrected chi connectivity index (χ0v) is 10.8. The Kier molecular flexibility index (Phi) is 5.30. The van der Waals surface area contributed by atoms with Crippen molar-refractivity contribution in [3.63, 3.8) is 0 Å². The molecule has 0 fully saturated rings. The number of ether oxygens (including phenoxy) is 1. The molecule has 0 saturated heterocycles. The summed E-state index contributed by atoms with van der Waals surface area (Å²) in [6.07, 6.45) is -1.06. The molecule has 0 radical (unpaired) electrons. The first-order valence-electron chi connectivity index (χ1n) is 5.28. The molecule has 6 nitrogen and oxygen atoms in total. The molecule has 100 valence electrons. The van der Waals surface area contributed by atoms with E-state index in [0.717, 1.165) is 0 Å². The van der Waals surface area contributed by atoms with E-state index in [1.165, 1.54) is 25.1 Å². The number of rotatable bonds is 5. The van der Waals surface area contributed by atoms with E-state index in [9.17, 15) is 9.59 Å². The van der Waals surface area contributed by atoms with Gasteiger partial charge in [0.25, 0.3) is 0 Å². The zero-order chi connectivity index (χ0) is 14.4. The van der Waals surface area contributed by atoms with Gasteiger partial charge in [0.1, 0.15) is 12.7 Å². The molecule has 1 aromatic carbocycles. The minimum absolute atomic E-state index is 0.222. The van der Waals surface area contributed by atoms with Crippen LogP contribution in [0, 0.1) is 11.3 Å². The normalized spacial score (nSPS) is 11.4. The second-order valence-electron chi connectivity index (χ2n) is 3.65. The summed E-state index contributed by atoms with van der Waals surface area (Å²) >= 11 is 5.80. The van der Waals surface area contributed by atoms with Crippen LogP contribution >= 0.6 is 11.6 Å². The lowest BCUT2D eigenvalue weighted by molar-refractivity contribution is -0.150. The molecular weight excluding hydrogens is 272 g/mol. The molecular formula is C12H11ClN2O4. The number of nitriles is 1. The van der Waals surface area contributed by atoms with Gasteiger partial charge in [0, 0.05) is 5.69 Å². The van der Waals surface area contributed by atoms with E-state index in [1.807, 2.05) is 6.07 Å². The van der Waals surface area contributed by atoms with Crippen LogP contribution in [-0.4, -0.2) is 29.7 Å². The van der Waals surface area contributed by atoms with E-state index in [4.69, 9.17) is 26.7 Å². The predicted octanol–water partition coefficient (Wildman–Crippen LogP) is 1.64. The summed E-state index contributed by atoms with van der Waals surface area (Å²) in [4.78, 5) is 21.9. The van der Waals surface area contributed by atoms with Crippen molar-refractivity contribution in [2.75, 3.05) is 11.9 Å². The fraction of sp³-hybridized carbons (Fsp3) is 0.250. The van der Waals surface area contributed by atoms with Crippen LogP contribution in [0.15, 0.2) is 18.2 Å². The molecule has 19 heavy (non-hydrogen) atoms. The van der Waals surface area contributed by atoms with Crippen LogP contribution < -0.4 is 5.32 Å². The van der Waals surface area contributed by atoms with Crippen molar-refractivity contribution in [2.24, 2.45) is 0 Å². The number of anilines is 1. The monoisotopic (exact) mass is 282 g/mol. The number of hydrogen-bond acceptors (Lipinski definition) is 4. The van der Waals surface area contributed by atoms with Gasteiger partial charge in [-0.3, -0.25) is 4.79 Å². The molecule has 0 bridgehead atoms. The van der Waals surface area contributed by atoms with Crippen LogP contribution in [0.2, 0.25) is 5.02 Å². The second kappa shape index (κ2) is 6.73. The van der Waals surface area contributed by atoms with Gasteiger partial charge in [-0.05, 0) is 25.1 Å². The number of amides is 1. The first-order valence-corrected chi connectivity index (χ1v) is 5.65. The topological polar surface area (TPSA) is 99.4 Å². The summed E-state index contributed by atoms with van der Waals surface area (Å²) in [6, 6.07) is 6.31. The van der Waals surface area contributed by atoms with E-state index in [2.05, 4.69) is 5.32 Å². The Balaban J connectivity index is 2.56. The first-order chi connectivity index (χ1) is 8.93. The smallest absolute Gasteiger partial charge is 0.332 e. The van der Waals surface area contributed by atoms with Crippen molar-refractivity contribution in [1.29, 1.82) is 5.26 Å². The minimum Gasteiger partial charge on any atom is -0.479 e. The third kappa shape index (κ3) is 4.58. The van der Waals surface area contributed by atoms with Crippen molar-refractivity contribution >= 4 is 29.2 Å². The van der Waals surface area contributed by atoms with E-state index >= 15 is 0 Å². The number of aliphatic carboxylic acids is 1. The van der Waals surface area contributed by atoms with Crippen molar-refractivity contribution in [2.45, 2.75) is 13.0 Å². The van der Waals surface area contributed by atoms with Crippen molar-refractivity contribution in [1.82, 2.24) is 0 Å². The van der Waals surface area contributed by atoms with Gasteiger partial charge in [0.2, 0.25) is 5.91 Å². The Morgan fingerprint density at radius 2 is 2.26 bits per heavy atom. The lowest BCUT2D eigenvalue weighted by Crippen LogP contribution is -2.26. The van der Waals surface area contributed by atoms with Crippen molar-refractivity contribution in [3.05, 3.63) is 28.8 Å². The highest BCUT2D eigenvalue weighted by molar-refractivity contribution is 6.32. The summed E-state index contributed by atoms with van der Waals surface area (Å²) in [7, 11) is 0. The molecule has 0 aliphatic heterocycles. The lowest BCUT2D eigenvalue weighted by Gasteiger charge is -2.09. The maximum absolute atomic E-state index is 11.5. The number of halogens is 1. The molecule has 0 aromatic heterocycles. The second-order valence-corrected chi connectivity index (χ2v) is 4.05. The SMILES string of the molecule is CC(OCC(=O)Nc1ccc(C#N)c(Cl)c1)C(=O)O. The zero-order valence-electron chi connectivity index (χ0n) is 10.0. The van der Waals surface area contributed by atoms with Gasteiger partial charge < -0.3 is 15.2 Å². The molecule has 0 spiro atoms. The predicted molar refractivity (Wildman–Crippen MR) is 67.8 cm³/mol. The third-order valence-electron chi connectivity index (χ3n) is 2.19. The fourth-order valence-corrected chi connectivity index (χ4v) is 1.38. The van der Waals surface area contributed by atoms with Gasteiger partial charge in [-0.2, -0.15) is 5.26 Å². The number of nitrogens with one attached hydrogen (secondary N) is 1. The van der Waals surface area contributed by atoms with Crippen LogP contribution in [-0.2, 0) is 14.3 Å². The molecule has 0 heterocycles. The average molecular weight is 283 g/mol. The number of nitrogens with zero attached hydrogens (tertiary/aromatic N) is 1.